The molecule has 0 radical (unpaired) electrons. The van der Waals surface area contributed by atoms with E-state index in [4.69, 9.17) is 9.47 Å². The summed E-state index contributed by atoms with van der Waals surface area (Å²) in [5, 5.41) is 0. The molecule has 0 bridgehead atoms. The molecule has 4 nitrogen and oxygen atoms in total. The van der Waals surface area contributed by atoms with E-state index >= 15 is 0 Å². The van der Waals surface area contributed by atoms with Gasteiger partial charge in [-0.3, -0.25) is 9.69 Å². The van der Waals surface area contributed by atoms with Crippen molar-refractivity contribution in [3.8, 4) is 0 Å². The van der Waals surface area contributed by atoms with Crippen LogP contribution in [0.2, 0.25) is 0 Å². The van der Waals surface area contributed by atoms with Crippen molar-refractivity contribution in [2.24, 2.45) is 5.92 Å². The van der Waals surface area contributed by atoms with Crippen LogP contribution in [0.4, 0.5) is 0 Å². The third kappa shape index (κ3) is 4.10. The molecule has 1 saturated carbocycles. The van der Waals surface area contributed by atoms with E-state index in [0.29, 0.717) is 12.5 Å². The van der Waals surface area contributed by atoms with Gasteiger partial charge in [0.2, 0.25) is 0 Å². The third-order valence-electron chi connectivity index (χ3n) is 2.88. The fraction of sp³-hybridized carbons (Fsp3) is 0.917. The quantitative estimate of drug-likeness (QED) is 0.617. The molecule has 1 aliphatic rings. The molecule has 94 valence electrons. The monoisotopic (exact) mass is 229 g/mol. The van der Waals surface area contributed by atoms with E-state index in [2.05, 4.69) is 0 Å². The van der Waals surface area contributed by atoms with Gasteiger partial charge in [0, 0.05) is 6.54 Å². The van der Waals surface area contributed by atoms with Crippen molar-refractivity contribution in [3.63, 3.8) is 0 Å². The van der Waals surface area contributed by atoms with E-state index in [1.165, 1.54) is 7.11 Å². The molecule has 0 spiro atoms. The normalized spacial score (nSPS) is 17.9. The second-order valence-corrected chi connectivity index (χ2v) is 4.71. The molecule has 0 saturated heterocycles. The summed E-state index contributed by atoms with van der Waals surface area (Å²) in [5.74, 6) is 0.367. The van der Waals surface area contributed by atoms with Gasteiger partial charge >= 0.3 is 5.97 Å². The fourth-order valence-electron chi connectivity index (χ4n) is 1.84. The average Bonchev–Trinajstić information content (AvgIpc) is 3.01. The maximum atomic E-state index is 11.6. The van der Waals surface area contributed by atoms with Gasteiger partial charge in [0.25, 0.3) is 0 Å². The lowest BCUT2D eigenvalue weighted by Gasteiger charge is -2.25. The summed E-state index contributed by atoms with van der Waals surface area (Å²) in [6.45, 7) is 5.46. The minimum Gasteiger partial charge on any atom is -0.468 e. The third-order valence-corrected chi connectivity index (χ3v) is 2.88. The SMILES string of the molecule is COC(=O)C(C1CC1)N(C)CCOC(C)C. The Morgan fingerprint density at radius 2 is 2.06 bits per heavy atom. The van der Waals surface area contributed by atoms with Crippen LogP contribution in [-0.4, -0.2) is 50.3 Å². The standard InChI is InChI=1S/C12H23NO3/c1-9(2)16-8-7-13(3)11(10-5-6-10)12(14)15-4/h9-11H,5-8H2,1-4H3. The number of esters is 1. The number of nitrogens with zero attached hydrogens (tertiary/aromatic N) is 1. The van der Waals surface area contributed by atoms with Crippen molar-refractivity contribution in [3.05, 3.63) is 0 Å². The number of ether oxygens (including phenoxy) is 2. The molecule has 0 aromatic carbocycles. The van der Waals surface area contributed by atoms with E-state index in [1.807, 2.05) is 25.8 Å². The molecule has 1 atom stereocenters. The summed E-state index contributed by atoms with van der Waals surface area (Å²) in [5.41, 5.74) is 0. The molecule has 1 unspecified atom stereocenters. The van der Waals surface area contributed by atoms with Gasteiger partial charge in [0.05, 0.1) is 19.8 Å². The Morgan fingerprint density at radius 1 is 1.44 bits per heavy atom. The van der Waals surface area contributed by atoms with Crippen LogP contribution in [0.1, 0.15) is 26.7 Å². The van der Waals surface area contributed by atoms with Gasteiger partial charge in [0.15, 0.2) is 0 Å². The fourth-order valence-corrected chi connectivity index (χ4v) is 1.84. The van der Waals surface area contributed by atoms with E-state index in [1.54, 1.807) is 0 Å². The van der Waals surface area contributed by atoms with Crippen LogP contribution in [0.25, 0.3) is 0 Å². The average molecular weight is 229 g/mol. The molecule has 4 heteroatoms. The summed E-state index contributed by atoms with van der Waals surface area (Å²) < 4.78 is 10.3. The van der Waals surface area contributed by atoms with E-state index in [0.717, 1.165) is 19.4 Å². The summed E-state index contributed by atoms with van der Waals surface area (Å²) in [6.07, 6.45) is 2.51. The second kappa shape index (κ2) is 6.21. The topological polar surface area (TPSA) is 38.8 Å². The highest BCUT2D eigenvalue weighted by Gasteiger charge is 2.39. The molecule has 1 rings (SSSR count). The van der Waals surface area contributed by atoms with Crippen LogP contribution < -0.4 is 0 Å². The van der Waals surface area contributed by atoms with Crippen LogP contribution in [0, 0.1) is 5.92 Å². The maximum absolute atomic E-state index is 11.6. The Balaban J connectivity index is 2.35. The first-order valence-electron chi connectivity index (χ1n) is 5.96. The van der Waals surface area contributed by atoms with Gasteiger partial charge in [-0.2, -0.15) is 0 Å². The largest absolute Gasteiger partial charge is 0.468 e. The Hall–Kier alpha value is -0.610. The first-order valence-corrected chi connectivity index (χ1v) is 5.96. The lowest BCUT2D eigenvalue weighted by atomic mass is 10.1. The van der Waals surface area contributed by atoms with Crippen LogP contribution in [0.3, 0.4) is 0 Å². The molecule has 1 aliphatic carbocycles. The van der Waals surface area contributed by atoms with Crippen molar-refractivity contribution in [2.75, 3.05) is 27.3 Å². The zero-order valence-corrected chi connectivity index (χ0v) is 10.7. The van der Waals surface area contributed by atoms with Crippen molar-refractivity contribution in [1.29, 1.82) is 0 Å². The van der Waals surface area contributed by atoms with Crippen molar-refractivity contribution in [1.82, 2.24) is 4.90 Å². The first-order chi connectivity index (χ1) is 7.56. The zero-order chi connectivity index (χ0) is 12.1. The summed E-state index contributed by atoms with van der Waals surface area (Å²) in [6, 6.07) is -0.0826. The van der Waals surface area contributed by atoms with Gasteiger partial charge in [0.1, 0.15) is 6.04 Å². The van der Waals surface area contributed by atoms with Gasteiger partial charge in [-0.25, -0.2) is 0 Å². The Kier molecular flexibility index (Phi) is 5.22. The number of hydrogen-bond donors (Lipinski definition) is 0. The summed E-state index contributed by atoms with van der Waals surface area (Å²) >= 11 is 0. The Labute approximate surface area is 97.9 Å². The molecular weight excluding hydrogens is 206 g/mol. The summed E-state index contributed by atoms with van der Waals surface area (Å²) in [7, 11) is 3.42. The zero-order valence-electron chi connectivity index (χ0n) is 10.7. The van der Waals surface area contributed by atoms with Gasteiger partial charge in [-0.1, -0.05) is 0 Å². The van der Waals surface area contributed by atoms with Crippen LogP contribution in [-0.2, 0) is 14.3 Å². The van der Waals surface area contributed by atoms with Gasteiger partial charge in [-0.05, 0) is 39.7 Å². The van der Waals surface area contributed by atoms with Gasteiger partial charge < -0.3 is 9.47 Å². The maximum Gasteiger partial charge on any atom is 0.323 e. The highest BCUT2D eigenvalue weighted by molar-refractivity contribution is 5.76. The van der Waals surface area contributed by atoms with Crippen LogP contribution in [0.5, 0.6) is 0 Å². The predicted molar refractivity (Wildman–Crippen MR) is 62.2 cm³/mol. The molecule has 0 heterocycles. The number of likely N-dealkylation sites (N-methyl/N-ethyl adjacent to an activating group) is 1. The second-order valence-electron chi connectivity index (χ2n) is 4.71. The summed E-state index contributed by atoms with van der Waals surface area (Å²) in [4.78, 5) is 13.7. The number of carbonyl (C=O) groups excluding carboxylic acids is 1. The first kappa shape index (κ1) is 13.5. The molecule has 0 aromatic heterocycles. The number of carbonyl (C=O) groups is 1. The Bertz CT molecular complexity index is 226. The van der Waals surface area contributed by atoms with Crippen molar-refractivity contribution >= 4 is 5.97 Å². The number of rotatable bonds is 7. The minimum absolute atomic E-state index is 0.0826. The lowest BCUT2D eigenvalue weighted by Crippen LogP contribution is -2.42. The molecule has 16 heavy (non-hydrogen) atoms. The van der Waals surface area contributed by atoms with Crippen LogP contribution >= 0.6 is 0 Å². The van der Waals surface area contributed by atoms with E-state index in [-0.39, 0.29) is 18.1 Å². The molecule has 0 aromatic rings. The molecule has 0 aliphatic heterocycles. The molecule has 1 fully saturated rings. The highest BCUT2D eigenvalue weighted by atomic mass is 16.5. The molecule has 0 N–H and O–H groups in total. The van der Waals surface area contributed by atoms with Crippen LogP contribution in [0.15, 0.2) is 0 Å². The number of hydrogen-bond acceptors (Lipinski definition) is 4. The van der Waals surface area contributed by atoms with E-state index < -0.39 is 0 Å². The molecular formula is C12H23NO3. The molecule has 0 amide bonds. The smallest absolute Gasteiger partial charge is 0.323 e. The predicted octanol–water partition coefficient (Wildman–Crippen LogP) is 1.29. The number of methoxy groups -OCH3 is 1. The van der Waals surface area contributed by atoms with Crippen molar-refractivity contribution < 1.29 is 14.3 Å². The van der Waals surface area contributed by atoms with E-state index in [9.17, 15) is 4.79 Å². The van der Waals surface area contributed by atoms with Gasteiger partial charge in [-0.15, -0.1) is 0 Å². The lowest BCUT2D eigenvalue weighted by molar-refractivity contribution is -0.147. The van der Waals surface area contributed by atoms with Crippen molar-refractivity contribution in [2.45, 2.75) is 38.8 Å². The highest BCUT2D eigenvalue weighted by Crippen LogP contribution is 2.35. The minimum atomic E-state index is -0.116. The Morgan fingerprint density at radius 3 is 2.50 bits per heavy atom.